The highest BCUT2D eigenvalue weighted by molar-refractivity contribution is 6.35. The molecule has 0 atom stereocenters. The van der Waals surface area contributed by atoms with E-state index in [-0.39, 0.29) is 39.7 Å². The summed E-state index contributed by atoms with van der Waals surface area (Å²) >= 11 is 11.3. The summed E-state index contributed by atoms with van der Waals surface area (Å²) in [7, 11) is 0. The van der Waals surface area contributed by atoms with Gasteiger partial charge in [0.25, 0.3) is 0 Å². The number of hydrogen-bond acceptors (Lipinski definition) is 3. The van der Waals surface area contributed by atoms with E-state index >= 15 is 0 Å². The lowest BCUT2D eigenvalue weighted by atomic mass is 10.3. The van der Waals surface area contributed by atoms with E-state index in [0.717, 1.165) is 0 Å². The standard InChI is InChI=1S/C7H3Cl2N3/c8-6-4-1-2-10-3-5(4)11-7(9)12-6/h1-3H/i1D,2D,3D. The molecule has 0 aliphatic rings. The van der Waals surface area contributed by atoms with Crippen molar-refractivity contribution in [1.29, 1.82) is 0 Å². The molecule has 60 valence electrons. The van der Waals surface area contributed by atoms with E-state index in [4.69, 9.17) is 27.3 Å². The second-order valence-corrected chi connectivity index (χ2v) is 2.66. The van der Waals surface area contributed by atoms with Gasteiger partial charge in [0.05, 0.1) is 15.8 Å². The lowest BCUT2D eigenvalue weighted by molar-refractivity contribution is 1.20. The summed E-state index contributed by atoms with van der Waals surface area (Å²) in [4.78, 5) is 10.9. The normalized spacial score (nSPS) is 14.0. The summed E-state index contributed by atoms with van der Waals surface area (Å²) in [6.07, 6.45) is -0.572. The van der Waals surface area contributed by atoms with Gasteiger partial charge in [-0.2, -0.15) is 0 Å². The Labute approximate surface area is 82.6 Å². The largest absolute Gasteiger partial charge is 0.262 e. The maximum absolute atomic E-state index is 7.56. The number of halogens is 2. The van der Waals surface area contributed by atoms with Crippen molar-refractivity contribution in [2.75, 3.05) is 0 Å². The SMILES string of the molecule is [2H]c1nc([2H])c2nc(Cl)nc(Cl)c2c1[2H]. The van der Waals surface area contributed by atoms with Gasteiger partial charge in [0.15, 0.2) is 0 Å². The summed E-state index contributed by atoms with van der Waals surface area (Å²) in [5.74, 6) is 0. The lowest BCUT2D eigenvalue weighted by Gasteiger charge is -1.97. The van der Waals surface area contributed by atoms with Crippen molar-refractivity contribution in [2.45, 2.75) is 0 Å². The van der Waals surface area contributed by atoms with Crippen molar-refractivity contribution in [1.82, 2.24) is 15.0 Å². The Morgan fingerprint density at radius 2 is 2.17 bits per heavy atom. The third kappa shape index (κ3) is 1.21. The van der Waals surface area contributed by atoms with E-state index in [1.165, 1.54) is 0 Å². The van der Waals surface area contributed by atoms with Crippen LogP contribution in [-0.4, -0.2) is 15.0 Å². The van der Waals surface area contributed by atoms with Crippen LogP contribution in [0.4, 0.5) is 0 Å². The number of pyridine rings is 1. The van der Waals surface area contributed by atoms with Crippen molar-refractivity contribution in [3.63, 3.8) is 0 Å². The fourth-order valence-corrected chi connectivity index (χ4v) is 1.19. The Balaban J connectivity index is 3.03. The van der Waals surface area contributed by atoms with Gasteiger partial charge in [0.1, 0.15) is 5.15 Å². The second kappa shape index (κ2) is 2.84. The van der Waals surface area contributed by atoms with E-state index in [9.17, 15) is 0 Å². The van der Waals surface area contributed by atoms with Crippen LogP contribution in [0.5, 0.6) is 0 Å². The van der Waals surface area contributed by atoms with Crippen molar-refractivity contribution in [3.8, 4) is 0 Å². The molecule has 0 amide bonds. The average Bonchev–Trinajstić information content (AvgIpc) is 2.13. The van der Waals surface area contributed by atoms with Crippen LogP contribution in [0.1, 0.15) is 4.11 Å². The predicted octanol–water partition coefficient (Wildman–Crippen LogP) is 2.33. The maximum Gasteiger partial charge on any atom is 0.224 e. The molecule has 0 radical (unpaired) electrons. The molecule has 0 aromatic carbocycles. The minimum Gasteiger partial charge on any atom is -0.262 e. The number of fused-ring (bicyclic) bond motifs is 1. The summed E-state index contributed by atoms with van der Waals surface area (Å²) in [6, 6.07) is -0.206. The smallest absolute Gasteiger partial charge is 0.224 e. The van der Waals surface area contributed by atoms with Crippen molar-refractivity contribution in [3.05, 3.63) is 28.8 Å². The molecule has 0 aliphatic carbocycles. The van der Waals surface area contributed by atoms with E-state index in [0.29, 0.717) is 0 Å². The van der Waals surface area contributed by atoms with Crippen molar-refractivity contribution in [2.24, 2.45) is 0 Å². The fourth-order valence-electron chi connectivity index (χ4n) is 0.764. The third-order valence-electron chi connectivity index (χ3n) is 1.24. The zero-order chi connectivity index (χ0) is 11.2. The van der Waals surface area contributed by atoms with Crippen LogP contribution in [0.15, 0.2) is 18.4 Å². The van der Waals surface area contributed by atoms with Crippen molar-refractivity contribution >= 4 is 34.1 Å². The number of nitrogens with zero attached hydrogens (tertiary/aromatic N) is 3. The molecule has 3 nitrogen and oxygen atoms in total. The van der Waals surface area contributed by atoms with Crippen LogP contribution in [0, 0.1) is 0 Å². The molecule has 0 N–H and O–H groups in total. The highest BCUT2D eigenvalue weighted by atomic mass is 35.5. The summed E-state index contributed by atoms with van der Waals surface area (Å²) in [6.45, 7) is 0. The molecule has 2 heterocycles. The Hall–Kier alpha value is -0.930. The minimum absolute atomic E-state index is 0.0422. The molecular formula is C7H3Cl2N3. The molecule has 5 heteroatoms. The molecule has 0 aliphatic heterocycles. The first-order valence-corrected chi connectivity index (χ1v) is 3.73. The molecule has 12 heavy (non-hydrogen) atoms. The van der Waals surface area contributed by atoms with E-state index < -0.39 is 0 Å². The second-order valence-electron chi connectivity index (χ2n) is 1.97. The predicted molar refractivity (Wildman–Crippen MR) is 47.4 cm³/mol. The average molecular weight is 203 g/mol. The Bertz CT molecular complexity index is 561. The molecule has 0 unspecified atom stereocenters. The molecule has 0 spiro atoms. The molecule has 0 fully saturated rings. The topological polar surface area (TPSA) is 38.7 Å². The first-order chi connectivity index (χ1) is 7.00. The molecule has 2 aromatic rings. The van der Waals surface area contributed by atoms with E-state index in [2.05, 4.69) is 15.0 Å². The van der Waals surface area contributed by atoms with Crippen LogP contribution >= 0.6 is 23.2 Å². The first-order valence-electron chi connectivity index (χ1n) is 4.47. The van der Waals surface area contributed by atoms with Crippen LogP contribution in [0.3, 0.4) is 0 Å². The Morgan fingerprint density at radius 3 is 3.00 bits per heavy atom. The zero-order valence-corrected chi connectivity index (χ0v) is 7.11. The summed E-state index contributed by atoms with van der Waals surface area (Å²) in [5.41, 5.74) is 0.0843. The van der Waals surface area contributed by atoms with Gasteiger partial charge >= 0.3 is 0 Å². The Morgan fingerprint density at radius 1 is 1.33 bits per heavy atom. The lowest BCUT2D eigenvalue weighted by Crippen LogP contribution is -1.86. The van der Waals surface area contributed by atoms with Gasteiger partial charge in [0.2, 0.25) is 5.28 Å². The summed E-state index contributed by atoms with van der Waals surface area (Å²) in [5, 5.41) is -0.0228. The van der Waals surface area contributed by atoms with Gasteiger partial charge < -0.3 is 0 Å². The Kier molecular flexibility index (Phi) is 1.17. The van der Waals surface area contributed by atoms with Gasteiger partial charge in [-0.05, 0) is 17.6 Å². The van der Waals surface area contributed by atoms with Gasteiger partial charge in [-0.25, -0.2) is 9.97 Å². The van der Waals surface area contributed by atoms with Crippen LogP contribution in [0.2, 0.25) is 10.4 Å². The zero-order valence-electron chi connectivity index (χ0n) is 8.60. The third-order valence-corrected chi connectivity index (χ3v) is 1.68. The van der Waals surface area contributed by atoms with Crippen LogP contribution in [-0.2, 0) is 0 Å². The number of hydrogen-bond donors (Lipinski definition) is 0. The number of aromatic nitrogens is 3. The van der Waals surface area contributed by atoms with Crippen molar-refractivity contribution < 1.29 is 4.11 Å². The van der Waals surface area contributed by atoms with Crippen LogP contribution in [0.25, 0.3) is 10.9 Å². The maximum atomic E-state index is 7.56. The van der Waals surface area contributed by atoms with Gasteiger partial charge in [-0.3, -0.25) is 4.98 Å². The molecule has 2 aromatic heterocycles. The van der Waals surface area contributed by atoms with Crippen LogP contribution < -0.4 is 0 Å². The molecule has 0 saturated heterocycles. The molecular weight excluding hydrogens is 197 g/mol. The first kappa shape index (κ1) is 4.94. The minimum atomic E-state index is -0.333. The fraction of sp³-hybridized carbons (Fsp3) is 0. The monoisotopic (exact) mass is 202 g/mol. The highest BCUT2D eigenvalue weighted by Gasteiger charge is 2.02. The quantitative estimate of drug-likeness (QED) is 0.487. The molecule has 0 bridgehead atoms. The number of rotatable bonds is 0. The van der Waals surface area contributed by atoms with E-state index in [1.54, 1.807) is 0 Å². The molecule has 0 saturated carbocycles. The van der Waals surface area contributed by atoms with Gasteiger partial charge in [-0.15, -0.1) is 0 Å². The highest BCUT2D eigenvalue weighted by Crippen LogP contribution is 2.20. The van der Waals surface area contributed by atoms with E-state index in [1.807, 2.05) is 0 Å². The van der Waals surface area contributed by atoms with Gasteiger partial charge in [0, 0.05) is 11.6 Å². The molecule has 2 rings (SSSR count). The van der Waals surface area contributed by atoms with Gasteiger partial charge in [-0.1, -0.05) is 11.6 Å². The summed E-state index contributed by atoms with van der Waals surface area (Å²) < 4.78 is 22.4.